The van der Waals surface area contributed by atoms with Crippen LogP contribution in [-0.2, 0) is 4.79 Å². The molecule has 2 aromatic rings. The van der Waals surface area contributed by atoms with Crippen molar-refractivity contribution in [3.63, 3.8) is 0 Å². The molecule has 1 saturated heterocycles. The number of carbonyl (C=O) groups excluding carboxylic acids is 3. The third-order valence-electron chi connectivity index (χ3n) is 5.65. The van der Waals surface area contributed by atoms with Crippen molar-refractivity contribution in [2.45, 2.75) is 19.8 Å². The van der Waals surface area contributed by atoms with Crippen molar-refractivity contribution in [3.8, 4) is 0 Å². The first-order chi connectivity index (χ1) is 14.0. The molecule has 0 aliphatic carbocycles. The first-order valence-electron chi connectivity index (χ1n) is 10.1. The number of piperazine rings is 1. The van der Waals surface area contributed by atoms with Gasteiger partial charge in [-0.1, -0.05) is 29.8 Å². The third-order valence-corrected chi connectivity index (χ3v) is 5.65. The summed E-state index contributed by atoms with van der Waals surface area (Å²) < 4.78 is 0. The highest BCUT2D eigenvalue weighted by Gasteiger charge is 2.35. The van der Waals surface area contributed by atoms with Crippen LogP contribution in [-0.4, -0.2) is 60.2 Å². The minimum Gasteiger partial charge on any atom is -0.368 e. The SMILES string of the molecule is Cc1ccc2c(c1)C(=O)N(CCCC(=O)N1CCN(c3ccccc3)CC1)C2=O. The molecular weight excluding hydrogens is 366 g/mol. The van der Waals surface area contributed by atoms with Crippen LogP contribution in [0.3, 0.4) is 0 Å². The maximum absolute atomic E-state index is 12.6. The molecular formula is C23H25N3O3. The summed E-state index contributed by atoms with van der Waals surface area (Å²) >= 11 is 0. The van der Waals surface area contributed by atoms with E-state index in [0.29, 0.717) is 37.1 Å². The normalized spacial score (nSPS) is 16.4. The Bertz CT molecular complexity index is 934. The van der Waals surface area contributed by atoms with Crippen molar-refractivity contribution in [2.75, 3.05) is 37.6 Å². The van der Waals surface area contributed by atoms with Crippen LogP contribution < -0.4 is 4.90 Å². The molecule has 1 fully saturated rings. The molecule has 0 spiro atoms. The number of imide groups is 1. The molecule has 150 valence electrons. The van der Waals surface area contributed by atoms with Gasteiger partial charge in [-0.2, -0.15) is 0 Å². The number of rotatable bonds is 5. The molecule has 0 radical (unpaired) electrons. The molecule has 0 unspecified atom stereocenters. The topological polar surface area (TPSA) is 60.9 Å². The minimum atomic E-state index is -0.256. The number of hydrogen-bond donors (Lipinski definition) is 0. The van der Waals surface area contributed by atoms with E-state index in [1.54, 1.807) is 12.1 Å². The molecule has 2 aliphatic rings. The highest BCUT2D eigenvalue weighted by Crippen LogP contribution is 2.24. The molecule has 29 heavy (non-hydrogen) atoms. The van der Waals surface area contributed by atoms with Crippen molar-refractivity contribution in [3.05, 3.63) is 65.2 Å². The Morgan fingerprint density at radius 3 is 2.31 bits per heavy atom. The van der Waals surface area contributed by atoms with Crippen LogP contribution in [0.1, 0.15) is 39.1 Å². The molecule has 3 amide bonds. The lowest BCUT2D eigenvalue weighted by Gasteiger charge is -2.36. The fourth-order valence-corrected chi connectivity index (χ4v) is 4.01. The molecule has 4 rings (SSSR count). The first kappa shape index (κ1) is 19.2. The Labute approximate surface area is 170 Å². The number of benzene rings is 2. The van der Waals surface area contributed by atoms with E-state index in [0.717, 1.165) is 18.7 Å². The summed E-state index contributed by atoms with van der Waals surface area (Å²) in [6, 6.07) is 15.5. The van der Waals surface area contributed by atoms with E-state index in [-0.39, 0.29) is 24.3 Å². The number of carbonyl (C=O) groups is 3. The van der Waals surface area contributed by atoms with Gasteiger partial charge in [0.2, 0.25) is 5.91 Å². The molecule has 2 aliphatic heterocycles. The van der Waals surface area contributed by atoms with E-state index >= 15 is 0 Å². The Hall–Kier alpha value is -3.15. The van der Waals surface area contributed by atoms with Crippen LogP contribution in [0.2, 0.25) is 0 Å². The van der Waals surface area contributed by atoms with Gasteiger partial charge in [-0.3, -0.25) is 19.3 Å². The molecule has 0 atom stereocenters. The van der Waals surface area contributed by atoms with Gasteiger partial charge in [-0.05, 0) is 37.6 Å². The summed E-state index contributed by atoms with van der Waals surface area (Å²) in [4.78, 5) is 43.0. The van der Waals surface area contributed by atoms with Gasteiger partial charge >= 0.3 is 0 Å². The molecule has 0 N–H and O–H groups in total. The second-order valence-electron chi connectivity index (χ2n) is 7.62. The van der Waals surface area contributed by atoms with Crippen LogP contribution >= 0.6 is 0 Å². The van der Waals surface area contributed by atoms with Crippen molar-refractivity contribution >= 4 is 23.4 Å². The first-order valence-corrected chi connectivity index (χ1v) is 10.1. The number of anilines is 1. The van der Waals surface area contributed by atoms with Crippen LogP contribution in [0, 0.1) is 6.92 Å². The van der Waals surface area contributed by atoms with Crippen LogP contribution in [0.4, 0.5) is 5.69 Å². The summed E-state index contributed by atoms with van der Waals surface area (Å²) in [5.41, 5.74) is 3.07. The van der Waals surface area contributed by atoms with Gasteiger partial charge in [0.1, 0.15) is 0 Å². The van der Waals surface area contributed by atoms with Crippen LogP contribution in [0.5, 0.6) is 0 Å². The number of aryl methyl sites for hydroxylation is 1. The van der Waals surface area contributed by atoms with Crippen molar-refractivity contribution in [1.29, 1.82) is 0 Å². The second-order valence-corrected chi connectivity index (χ2v) is 7.62. The standard InChI is InChI=1S/C23H25N3O3/c1-17-9-10-19-20(16-17)23(29)26(22(19)28)11-5-8-21(27)25-14-12-24(13-15-25)18-6-3-2-4-7-18/h2-4,6-7,9-10,16H,5,8,11-15H2,1H3. The third kappa shape index (κ3) is 3.88. The fourth-order valence-electron chi connectivity index (χ4n) is 4.01. The number of nitrogens with zero attached hydrogens (tertiary/aromatic N) is 3. The zero-order valence-corrected chi connectivity index (χ0v) is 16.6. The quantitative estimate of drug-likeness (QED) is 0.736. The van der Waals surface area contributed by atoms with Crippen molar-refractivity contribution in [1.82, 2.24) is 9.80 Å². The zero-order valence-electron chi connectivity index (χ0n) is 16.6. The summed E-state index contributed by atoms with van der Waals surface area (Å²) in [5.74, 6) is -0.420. The average Bonchev–Trinajstić information content (AvgIpc) is 2.98. The lowest BCUT2D eigenvalue weighted by molar-refractivity contribution is -0.131. The Morgan fingerprint density at radius 2 is 1.59 bits per heavy atom. The summed E-state index contributed by atoms with van der Waals surface area (Å²) in [7, 11) is 0. The molecule has 2 aromatic carbocycles. The largest absolute Gasteiger partial charge is 0.368 e. The maximum Gasteiger partial charge on any atom is 0.261 e. The number of hydrogen-bond acceptors (Lipinski definition) is 4. The smallest absolute Gasteiger partial charge is 0.261 e. The van der Waals surface area contributed by atoms with Crippen molar-refractivity contribution < 1.29 is 14.4 Å². The van der Waals surface area contributed by atoms with Gasteiger partial charge in [0.05, 0.1) is 11.1 Å². The van der Waals surface area contributed by atoms with E-state index in [1.165, 1.54) is 10.6 Å². The van der Waals surface area contributed by atoms with Gasteiger partial charge in [-0.15, -0.1) is 0 Å². The highest BCUT2D eigenvalue weighted by molar-refractivity contribution is 6.21. The lowest BCUT2D eigenvalue weighted by Crippen LogP contribution is -2.48. The maximum atomic E-state index is 12.6. The Kier molecular flexibility index (Phi) is 5.34. The van der Waals surface area contributed by atoms with Crippen LogP contribution in [0.25, 0.3) is 0 Å². The number of amides is 3. The monoisotopic (exact) mass is 391 g/mol. The molecule has 0 saturated carbocycles. The number of para-hydroxylation sites is 1. The van der Waals surface area contributed by atoms with Crippen molar-refractivity contribution in [2.24, 2.45) is 0 Å². The molecule has 6 heteroatoms. The Morgan fingerprint density at radius 1 is 0.897 bits per heavy atom. The fraction of sp³-hybridized carbons (Fsp3) is 0.348. The van der Waals surface area contributed by atoms with Gasteiger partial charge in [0.15, 0.2) is 0 Å². The van der Waals surface area contributed by atoms with E-state index in [1.807, 2.05) is 36.1 Å². The lowest BCUT2D eigenvalue weighted by atomic mass is 10.1. The summed E-state index contributed by atoms with van der Waals surface area (Å²) in [6.45, 7) is 5.19. The van der Waals surface area contributed by atoms with Gasteiger partial charge < -0.3 is 9.80 Å². The predicted octanol–water partition coefficient (Wildman–Crippen LogP) is 2.72. The van der Waals surface area contributed by atoms with Gasteiger partial charge in [-0.25, -0.2) is 0 Å². The second kappa shape index (κ2) is 8.07. The molecule has 0 bridgehead atoms. The van der Waals surface area contributed by atoms with Gasteiger partial charge in [0.25, 0.3) is 11.8 Å². The highest BCUT2D eigenvalue weighted by atomic mass is 16.2. The van der Waals surface area contributed by atoms with Gasteiger partial charge in [0, 0.05) is 44.8 Å². The van der Waals surface area contributed by atoms with E-state index in [4.69, 9.17) is 0 Å². The molecule has 2 heterocycles. The molecule has 0 aromatic heterocycles. The minimum absolute atomic E-state index is 0.0881. The Balaban J connectivity index is 1.26. The summed E-state index contributed by atoms with van der Waals surface area (Å²) in [5, 5.41) is 0. The van der Waals surface area contributed by atoms with E-state index in [9.17, 15) is 14.4 Å². The molecule has 6 nitrogen and oxygen atoms in total. The average molecular weight is 391 g/mol. The summed E-state index contributed by atoms with van der Waals surface area (Å²) in [6.07, 6.45) is 0.833. The van der Waals surface area contributed by atoms with E-state index < -0.39 is 0 Å². The van der Waals surface area contributed by atoms with Crippen LogP contribution in [0.15, 0.2) is 48.5 Å². The van der Waals surface area contributed by atoms with E-state index in [2.05, 4.69) is 17.0 Å². The predicted molar refractivity (Wildman–Crippen MR) is 111 cm³/mol. The zero-order chi connectivity index (χ0) is 20.4. The number of fused-ring (bicyclic) bond motifs is 1.